The first kappa shape index (κ1) is 9.84. The summed E-state index contributed by atoms with van der Waals surface area (Å²) in [6.07, 6.45) is 6.52. The zero-order valence-electron chi connectivity index (χ0n) is 8.23. The molecule has 0 spiro atoms. The van der Waals surface area contributed by atoms with E-state index in [1.807, 2.05) is 17.8 Å². The van der Waals surface area contributed by atoms with Gasteiger partial charge in [-0.25, -0.2) is 0 Å². The molecule has 0 amide bonds. The van der Waals surface area contributed by atoms with Crippen LogP contribution >= 0.6 is 0 Å². The number of rotatable bonds is 5. The third-order valence-electron chi connectivity index (χ3n) is 1.72. The van der Waals surface area contributed by atoms with Gasteiger partial charge in [-0.1, -0.05) is 19.6 Å². The molecule has 0 bridgehead atoms. The van der Waals surface area contributed by atoms with Crippen molar-refractivity contribution in [2.45, 2.75) is 32.9 Å². The van der Waals surface area contributed by atoms with E-state index in [1.165, 1.54) is 0 Å². The minimum Gasteiger partial charge on any atom is -0.483 e. The van der Waals surface area contributed by atoms with Crippen molar-refractivity contribution in [1.29, 1.82) is 0 Å². The van der Waals surface area contributed by atoms with Gasteiger partial charge in [-0.05, 0) is 13.3 Å². The van der Waals surface area contributed by atoms with Crippen molar-refractivity contribution < 1.29 is 4.74 Å². The lowest BCUT2D eigenvalue weighted by Gasteiger charge is -2.06. The minimum atomic E-state index is 0.0410. The second kappa shape index (κ2) is 4.70. The maximum absolute atomic E-state index is 5.49. The Kier molecular flexibility index (Phi) is 3.55. The van der Waals surface area contributed by atoms with E-state index >= 15 is 0 Å². The Labute approximate surface area is 79.0 Å². The van der Waals surface area contributed by atoms with Gasteiger partial charge in [0.15, 0.2) is 5.75 Å². The standard InChI is InChI=1S/C10H16N2O/c1-4-6-12-8-10(7-11-12)13-9(3)5-2/h5,7-9H,2,4,6H2,1,3H3. The molecule has 1 unspecified atom stereocenters. The van der Waals surface area contributed by atoms with E-state index in [1.54, 1.807) is 12.3 Å². The van der Waals surface area contributed by atoms with Gasteiger partial charge in [0.05, 0.1) is 12.4 Å². The van der Waals surface area contributed by atoms with E-state index in [9.17, 15) is 0 Å². The van der Waals surface area contributed by atoms with Crippen molar-refractivity contribution in [2.75, 3.05) is 0 Å². The summed E-state index contributed by atoms with van der Waals surface area (Å²) in [5.41, 5.74) is 0. The highest BCUT2D eigenvalue weighted by atomic mass is 16.5. The van der Waals surface area contributed by atoms with Crippen LogP contribution < -0.4 is 4.74 Å². The van der Waals surface area contributed by atoms with Gasteiger partial charge in [0.25, 0.3) is 0 Å². The summed E-state index contributed by atoms with van der Waals surface area (Å²) < 4.78 is 7.37. The Morgan fingerprint density at radius 2 is 2.54 bits per heavy atom. The van der Waals surface area contributed by atoms with E-state index in [0.717, 1.165) is 18.7 Å². The smallest absolute Gasteiger partial charge is 0.158 e. The second-order valence-corrected chi connectivity index (χ2v) is 3.00. The van der Waals surface area contributed by atoms with Crippen molar-refractivity contribution in [3.05, 3.63) is 25.0 Å². The van der Waals surface area contributed by atoms with E-state index in [-0.39, 0.29) is 6.10 Å². The molecule has 0 aliphatic rings. The van der Waals surface area contributed by atoms with Crippen LogP contribution in [0.15, 0.2) is 25.0 Å². The second-order valence-electron chi connectivity index (χ2n) is 3.00. The van der Waals surface area contributed by atoms with Gasteiger partial charge in [-0.3, -0.25) is 4.68 Å². The SMILES string of the molecule is C=CC(C)Oc1cnn(CCC)c1. The molecule has 0 saturated carbocycles. The van der Waals surface area contributed by atoms with Crippen LogP contribution in [0.4, 0.5) is 0 Å². The van der Waals surface area contributed by atoms with Crippen molar-refractivity contribution in [3.8, 4) is 5.75 Å². The first-order chi connectivity index (χ1) is 6.26. The Hall–Kier alpha value is -1.25. The molecule has 13 heavy (non-hydrogen) atoms. The fourth-order valence-corrected chi connectivity index (χ4v) is 1.02. The van der Waals surface area contributed by atoms with Gasteiger partial charge in [-0.2, -0.15) is 5.10 Å². The Morgan fingerprint density at radius 3 is 3.15 bits per heavy atom. The molecule has 0 radical (unpaired) electrons. The molecular weight excluding hydrogens is 164 g/mol. The van der Waals surface area contributed by atoms with Crippen molar-refractivity contribution in [1.82, 2.24) is 9.78 Å². The average molecular weight is 180 g/mol. The Morgan fingerprint density at radius 1 is 1.77 bits per heavy atom. The topological polar surface area (TPSA) is 27.1 Å². The summed E-state index contributed by atoms with van der Waals surface area (Å²) in [5, 5.41) is 4.15. The van der Waals surface area contributed by atoms with Crippen LogP contribution in [0.25, 0.3) is 0 Å². The molecule has 1 heterocycles. The maximum Gasteiger partial charge on any atom is 0.158 e. The molecule has 1 atom stereocenters. The predicted molar refractivity (Wildman–Crippen MR) is 52.8 cm³/mol. The summed E-state index contributed by atoms with van der Waals surface area (Å²) in [6, 6.07) is 0. The first-order valence-corrected chi connectivity index (χ1v) is 4.58. The molecule has 0 aliphatic heterocycles. The van der Waals surface area contributed by atoms with Gasteiger partial charge in [0.2, 0.25) is 0 Å². The van der Waals surface area contributed by atoms with E-state index in [2.05, 4.69) is 18.6 Å². The molecule has 0 saturated heterocycles. The number of nitrogens with zero attached hydrogens (tertiary/aromatic N) is 2. The lowest BCUT2D eigenvalue weighted by molar-refractivity contribution is 0.270. The molecule has 0 N–H and O–H groups in total. The van der Waals surface area contributed by atoms with Gasteiger partial charge >= 0.3 is 0 Å². The van der Waals surface area contributed by atoms with E-state index < -0.39 is 0 Å². The van der Waals surface area contributed by atoms with Crippen molar-refractivity contribution >= 4 is 0 Å². The zero-order valence-corrected chi connectivity index (χ0v) is 8.23. The zero-order chi connectivity index (χ0) is 9.68. The van der Waals surface area contributed by atoms with Crippen LogP contribution in [-0.2, 0) is 6.54 Å². The highest BCUT2D eigenvalue weighted by Crippen LogP contribution is 2.10. The van der Waals surface area contributed by atoms with Crippen molar-refractivity contribution in [3.63, 3.8) is 0 Å². The van der Waals surface area contributed by atoms with Gasteiger partial charge in [0.1, 0.15) is 6.10 Å². The van der Waals surface area contributed by atoms with Crippen LogP contribution in [0.5, 0.6) is 5.75 Å². The Balaban J connectivity index is 2.53. The summed E-state index contributed by atoms with van der Waals surface area (Å²) in [6.45, 7) is 8.65. The predicted octanol–water partition coefficient (Wildman–Crippen LogP) is 2.25. The fourth-order valence-electron chi connectivity index (χ4n) is 1.02. The highest BCUT2D eigenvalue weighted by molar-refractivity contribution is 5.12. The van der Waals surface area contributed by atoms with Gasteiger partial charge in [0, 0.05) is 6.54 Å². The summed E-state index contributed by atoms with van der Waals surface area (Å²) in [7, 11) is 0. The van der Waals surface area contributed by atoms with Crippen LogP contribution in [0, 0.1) is 0 Å². The first-order valence-electron chi connectivity index (χ1n) is 4.58. The monoisotopic (exact) mass is 180 g/mol. The molecule has 1 rings (SSSR count). The molecule has 1 aromatic heterocycles. The number of aryl methyl sites for hydroxylation is 1. The molecule has 0 fully saturated rings. The van der Waals surface area contributed by atoms with Crippen molar-refractivity contribution in [2.24, 2.45) is 0 Å². The van der Waals surface area contributed by atoms with Gasteiger partial charge < -0.3 is 4.74 Å². The molecule has 72 valence electrons. The van der Waals surface area contributed by atoms with Gasteiger partial charge in [-0.15, -0.1) is 0 Å². The molecule has 0 aromatic carbocycles. The van der Waals surface area contributed by atoms with Crippen LogP contribution in [0.2, 0.25) is 0 Å². The number of hydrogen-bond donors (Lipinski definition) is 0. The molecular formula is C10H16N2O. The highest BCUT2D eigenvalue weighted by Gasteiger charge is 2.01. The summed E-state index contributed by atoms with van der Waals surface area (Å²) >= 11 is 0. The maximum atomic E-state index is 5.49. The van der Waals surface area contributed by atoms with Crippen LogP contribution in [0.3, 0.4) is 0 Å². The van der Waals surface area contributed by atoms with E-state index in [4.69, 9.17) is 4.74 Å². The summed E-state index contributed by atoms with van der Waals surface area (Å²) in [5.74, 6) is 0.806. The lowest BCUT2D eigenvalue weighted by atomic mass is 10.4. The number of hydrogen-bond acceptors (Lipinski definition) is 2. The minimum absolute atomic E-state index is 0.0410. The third kappa shape index (κ3) is 2.93. The third-order valence-corrected chi connectivity index (χ3v) is 1.72. The molecule has 3 heteroatoms. The number of aromatic nitrogens is 2. The normalized spacial score (nSPS) is 12.5. The summed E-state index contributed by atoms with van der Waals surface area (Å²) in [4.78, 5) is 0. The number of ether oxygens (including phenoxy) is 1. The Bertz CT molecular complexity index is 268. The van der Waals surface area contributed by atoms with E-state index in [0.29, 0.717) is 0 Å². The quantitative estimate of drug-likeness (QED) is 0.650. The molecule has 3 nitrogen and oxygen atoms in total. The van der Waals surface area contributed by atoms with Crippen LogP contribution in [0.1, 0.15) is 20.3 Å². The molecule has 1 aromatic rings. The largest absolute Gasteiger partial charge is 0.483 e. The lowest BCUT2D eigenvalue weighted by Crippen LogP contribution is -2.06. The average Bonchev–Trinajstić information content (AvgIpc) is 2.53. The fraction of sp³-hybridized carbons (Fsp3) is 0.500. The van der Waals surface area contributed by atoms with Crippen LogP contribution in [-0.4, -0.2) is 15.9 Å². The molecule has 0 aliphatic carbocycles.